The molecule has 4 nitrogen and oxygen atoms in total. The number of hydrogen-bond acceptors (Lipinski definition) is 4. The average molecular weight is 219 g/mol. The predicted molar refractivity (Wildman–Crippen MR) is 49.1 cm³/mol. The van der Waals surface area contributed by atoms with Crippen molar-refractivity contribution in [1.82, 2.24) is 0 Å². The van der Waals surface area contributed by atoms with Gasteiger partial charge in [0.25, 0.3) is 0 Å². The van der Waals surface area contributed by atoms with Crippen LogP contribution in [0.2, 0.25) is 0 Å². The molecule has 0 saturated heterocycles. The van der Waals surface area contributed by atoms with E-state index in [2.05, 4.69) is 0 Å². The number of halogens is 1. The zero-order chi connectivity index (χ0) is 10.9. The molecular weight excluding hydrogens is 209 g/mol. The highest BCUT2D eigenvalue weighted by atomic mass is 32.2. The van der Waals surface area contributed by atoms with Crippen LogP contribution in [0.25, 0.3) is 0 Å². The summed E-state index contributed by atoms with van der Waals surface area (Å²) in [7, 11) is -3.66. The molecule has 0 saturated carbocycles. The second kappa shape index (κ2) is 3.55. The maximum Gasteiger partial charge on any atom is 0.178 e. The van der Waals surface area contributed by atoms with Gasteiger partial charge in [-0.2, -0.15) is 0 Å². The van der Waals surface area contributed by atoms with Crippen molar-refractivity contribution in [3.05, 3.63) is 23.5 Å². The highest BCUT2D eigenvalue weighted by Gasteiger charge is 2.16. The quantitative estimate of drug-likeness (QED) is 0.754. The van der Waals surface area contributed by atoms with Crippen LogP contribution in [-0.2, 0) is 16.4 Å². The van der Waals surface area contributed by atoms with Crippen LogP contribution in [0.3, 0.4) is 0 Å². The van der Waals surface area contributed by atoms with Crippen molar-refractivity contribution in [2.75, 3.05) is 6.26 Å². The zero-order valence-corrected chi connectivity index (χ0v) is 8.31. The normalized spacial score (nSPS) is 11.6. The topological polar surface area (TPSA) is 80.4 Å². The molecule has 0 aliphatic rings. The Hall–Kier alpha value is -1.14. The predicted octanol–water partition coefficient (Wildman–Crippen LogP) is 0.394. The van der Waals surface area contributed by atoms with Gasteiger partial charge < -0.3 is 10.8 Å². The fourth-order valence-electron chi connectivity index (χ4n) is 1.03. The van der Waals surface area contributed by atoms with Crippen LogP contribution in [0, 0.1) is 5.82 Å². The minimum atomic E-state index is -3.66. The van der Waals surface area contributed by atoms with Gasteiger partial charge >= 0.3 is 0 Å². The molecule has 1 rings (SSSR count). The van der Waals surface area contributed by atoms with E-state index in [-0.39, 0.29) is 17.9 Å². The number of hydrogen-bond donors (Lipinski definition) is 2. The lowest BCUT2D eigenvalue weighted by Gasteiger charge is -2.05. The first-order valence-electron chi connectivity index (χ1n) is 3.77. The molecular formula is C8H10FNO3S. The Morgan fingerprint density at radius 3 is 2.50 bits per heavy atom. The van der Waals surface area contributed by atoms with Gasteiger partial charge in [-0.15, -0.1) is 0 Å². The molecule has 1 aromatic rings. The zero-order valence-electron chi connectivity index (χ0n) is 7.49. The highest BCUT2D eigenvalue weighted by molar-refractivity contribution is 7.90. The van der Waals surface area contributed by atoms with Crippen LogP contribution in [0.4, 0.5) is 4.39 Å². The van der Waals surface area contributed by atoms with E-state index in [9.17, 15) is 17.9 Å². The van der Waals surface area contributed by atoms with Gasteiger partial charge in [-0.3, -0.25) is 0 Å². The first-order valence-corrected chi connectivity index (χ1v) is 5.67. The summed E-state index contributed by atoms with van der Waals surface area (Å²) in [4.78, 5) is -0.521. The summed E-state index contributed by atoms with van der Waals surface area (Å²) >= 11 is 0. The average Bonchev–Trinajstić information content (AvgIpc) is 2.06. The van der Waals surface area contributed by atoms with Gasteiger partial charge in [-0.1, -0.05) is 0 Å². The minimum Gasteiger partial charge on any atom is -0.508 e. The number of phenols is 1. The molecule has 0 aromatic heterocycles. The Morgan fingerprint density at radius 1 is 1.50 bits per heavy atom. The van der Waals surface area contributed by atoms with E-state index in [0.717, 1.165) is 18.4 Å². The van der Waals surface area contributed by atoms with E-state index in [0.29, 0.717) is 0 Å². The van der Waals surface area contributed by atoms with Crippen LogP contribution in [0.5, 0.6) is 5.75 Å². The third-order valence-electron chi connectivity index (χ3n) is 1.75. The maximum absolute atomic E-state index is 13.2. The number of rotatable bonds is 2. The van der Waals surface area contributed by atoms with Gasteiger partial charge in [0.05, 0.1) is 0 Å². The summed E-state index contributed by atoms with van der Waals surface area (Å²) in [5, 5.41) is 9.27. The third-order valence-corrected chi connectivity index (χ3v) is 2.86. The van der Waals surface area contributed by atoms with E-state index in [1.807, 2.05) is 0 Å². The Bertz CT molecular complexity index is 456. The summed E-state index contributed by atoms with van der Waals surface area (Å²) in [6, 6.07) is 1.79. The maximum atomic E-state index is 13.2. The van der Waals surface area contributed by atoms with E-state index >= 15 is 0 Å². The van der Waals surface area contributed by atoms with Crippen molar-refractivity contribution >= 4 is 9.84 Å². The smallest absolute Gasteiger partial charge is 0.178 e. The second-order valence-electron chi connectivity index (χ2n) is 2.89. The van der Waals surface area contributed by atoms with Crippen LogP contribution in [-0.4, -0.2) is 19.8 Å². The van der Waals surface area contributed by atoms with Crippen LogP contribution in [0.1, 0.15) is 5.56 Å². The Kier molecular flexibility index (Phi) is 2.77. The molecule has 0 atom stereocenters. The highest BCUT2D eigenvalue weighted by Crippen LogP contribution is 2.24. The molecule has 0 amide bonds. The second-order valence-corrected chi connectivity index (χ2v) is 4.87. The molecule has 78 valence electrons. The first kappa shape index (κ1) is 10.9. The summed E-state index contributed by atoms with van der Waals surface area (Å²) < 4.78 is 35.2. The fraction of sp³-hybridized carbons (Fsp3) is 0.250. The van der Waals surface area contributed by atoms with Crippen molar-refractivity contribution in [2.24, 2.45) is 5.73 Å². The lowest BCUT2D eigenvalue weighted by atomic mass is 10.2. The van der Waals surface area contributed by atoms with Gasteiger partial charge in [-0.05, 0) is 6.07 Å². The van der Waals surface area contributed by atoms with Gasteiger partial charge in [-0.25, -0.2) is 12.8 Å². The fourth-order valence-corrected chi connectivity index (χ4v) is 1.77. The number of benzene rings is 1. The van der Waals surface area contributed by atoms with Crippen molar-refractivity contribution in [2.45, 2.75) is 11.4 Å². The van der Waals surface area contributed by atoms with Crippen molar-refractivity contribution in [1.29, 1.82) is 0 Å². The third kappa shape index (κ3) is 2.02. The van der Waals surface area contributed by atoms with Gasteiger partial charge in [0, 0.05) is 24.4 Å². The van der Waals surface area contributed by atoms with Crippen molar-refractivity contribution in [3.63, 3.8) is 0 Å². The summed E-state index contributed by atoms with van der Waals surface area (Å²) in [6.07, 6.45) is 0.868. The van der Waals surface area contributed by atoms with E-state index < -0.39 is 20.5 Å². The monoisotopic (exact) mass is 219 g/mol. The molecule has 3 N–H and O–H groups in total. The summed E-state index contributed by atoms with van der Waals surface area (Å²) in [5.41, 5.74) is 5.38. The van der Waals surface area contributed by atoms with Crippen LogP contribution in [0.15, 0.2) is 17.0 Å². The summed E-state index contributed by atoms with van der Waals surface area (Å²) in [5.74, 6) is -1.21. The summed E-state index contributed by atoms with van der Waals surface area (Å²) in [6.45, 7) is -0.0488. The SMILES string of the molecule is CS(=O)(=O)c1cc(O)c(CN)cc1F. The molecule has 0 heterocycles. The molecule has 6 heteroatoms. The number of nitrogens with two attached hydrogens (primary N) is 1. The molecule has 0 unspecified atom stereocenters. The Labute approximate surface area is 81.1 Å². The Balaban J connectivity index is 3.44. The van der Waals surface area contributed by atoms with E-state index in [4.69, 9.17) is 5.73 Å². The molecule has 0 aliphatic carbocycles. The molecule has 14 heavy (non-hydrogen) atoms. The lowest BCUT2D eigenvalue weighted by Crippen LogP contribution is -2.04. The standard InChI is InChI=1S/C8H10FNO3S/c1-14(12,13)8-3-7(11)5(4-10)2-6(8)9/h2-3,11H,4,10H2,1H3. The molecule has 0 radical (unpaired) electrons. The minimum absolute atomic E-state index is 0.0488. The Morgan fingerprint density at radius 2 is 2.07 bits per heavy atom. The molecule has 1 aromatic carbocycles. The van der Waals surface area contributed by atoms with Gasteiger partial charge in [0.2, 0.25) is 0 Å². The van der Waals surface area contributed by atoms with Gasteiger partial charge in [0.15, 0.2) is 9.84 Å². The molecule has 0 fully saturated rings. The van der Waals surface area contributed by atoms with E-state index in [1.54, 1.807) is 0 Å². The molecule has 0 spiro atoms. The molecule has 0 aliphatic heterocycles. The largest absolute Gasteiger partial charge is 0.508 e. The van der Waals surface area contributed by atoms with Crippen LogP contribution < -0.4 is 5.73 Å². The number of phenolic OH excluding ortho intramolecular Hbond substituents is 1. The van der Waals surface area contributed by atoms with E-state index in [1.165, 1.54) is 0 Å². The first-order chi connectivity index (χ1) is 6.36. The van der Waals surface area contributed by atoms with Gasteiger partial charge in [0.1, 0.15) is 16.5 Å². The number of aromatic hydroxyl groups is 1. The molecule has 0 bridgehead atoms. The van der Waals surface area contributed by atoms with Crippen LogP contribution >= 0.6 is 0 Å². The van der Waals surface area contributed by atoms with Crippen molar-refractivity contribution in [3.8, 4) is 5.75 Å². The lowest BCUT2D eigenvalue weighted by molar-refractivity contribution is 0.460. The number of sulfone groups is 1. The van der Waals surface area contributed by atoms with Crippen molar-refractivity contribution < 1.29 is 17.9 Å².